The molecule has 4 nitrogen and oxygen atoms in total. The number of anilines is 3. The largest absolute Gasteiger partial charge is 0.456 e. The molecule has 0 saturated heterocycles. The maximum atomic E-state index is 7.26. The van der Waals surface area contributed by atoms with Crippen LogP contribution in [-0.2, 0) is 21.7 Å². The molecular formula is C100H109NO3. The molecule has 3 heterocycles. The second kappa shape index (κ2) is 28.0. The highest BCUT2D eigenvalue weighted by Gasteiger charge is 2.51. The van der Waals surface area contributed by atoms with Crippen molar-refractivity contribution in [2.75, 3.05) is 4.90 Å². The van der Waals surface area contributed by atoms with Gasteiger partial charge in [-0.25, -0.2) is 0 Å². The summed E-state index contributed by atoms with van der Waals surface area (Å²) >= 11 is 0. The van der Waals surface area contributed by atoms with Gasteiger partial charge in [-0.1, -0.05) is 307 Å². The van der Waals surface area contributed by atoms with Gasteiger partial charge in [-0.3, -0.25) is 0 Å². The molecule has 3 aromatic heterocycles. The number of nitrogens with zero attached hydrogens (tertiary/aromatic N) is 1. The normalized spacial score (nSPS) is 15.2. The predicted molar refractivity (Wildman–Crippen MR) is 442 cm³/mol. The van der Waals surface area contributed by atoms with Crippen molar-refractivity contribution in [3.05, 3.63) is 220 Å². The van der Waals surface area contributed by atoms with Gasteiger partial charge >= 0.3 is 0 Å². The molecule has 0 bridgehead atoms. The Morgan fingerprint density at radius 2 is 0.692 bits per heavy atom. The molecule has 17 rings (SSSR count). The van der Waals surface area contributed by atoms with E-state index in [1.807, 2.05) is 0 Å². The van der Waals surface area contributed by atoms with Crippen LogP contribution in [0.3, 0.4) is 0 Å². The number of fused-ring (bicyclic) bond motifs is 25. The van der Waals surface area contributed by atoms with Crippen LogP contribution >= 0.6 is 0 Å². The minimum absolute atomic E-state index is 0.116. The van der Waals surface area contributed by atoms with Crippen molar-refractivity contribution >= 4 is 82.9 Å². The summed E-state index contributed by atoms with van der Waals surface area (Å²) in [5.41, 5.74) is 31.1. The van der Waals surface area contributed by atoms with Crippen LogP contribution in [0.1, 0.15) is 280 Å². The molecule has 4 heteroatoms. The quantitative estimate of drug-likeness (QED) is 0.0406. The van der Waals surface area contributed by atoms with Gasteiger partial charge in [0, 0.05) is 82.7 Å². The molecule has 0 fully saturated rings. The molecule has 104 heavy (non-hydrogen) atoms. The van der Waals surface area contributed by atoms with Crippen molar-refractivity contribution in [3.8, 4) is 44.5 Å². The molecule has 0 atom stereocenters. The van der Waals surface area contributed by atoms with Crippen molar-refractivity contribution in [2.24, 2.45) is 0 Å². The fourth-order valence-electron chi connectivity index (χ4n) is 21.0. The van der Waals surface area contributed by atoms with Crippen LogP contribution in [0.2, 0.25) is 0 Å². The first kappa shape index (κ1) is 68.5. The van der Waals surface area contributed by atoms with Gasteiger partial charge in [0.15, 0.2) is 0 Å². The number of hydrogen-bond acceptors (Lipinski definition) is 4. The molecule has 10 aromatic carbocycles. The Hall–Kier alpha value is -8.60. The molecule has 13 aromatic rings. The number of unbranched alkanes of at least 4 members (excludes halogenated alkanes) is 20. The Balaban J connectivity index is 0.884. The fourth-order valence-corrected chi connectivity index (χ4v) is 21.0. The summed E-state index contributed by atoms with van der Waals surface area (Å²) in [6.07, 6.45) is 35.3. The molecule has 0 radical (unpaired) electrons. The van der Waals surface area contributed by atoms with E-state index in [2.05, 4.69) is 236 Å². The second-order valence-corrected chi connectivity index (χ2v) is 33.3. The molecule has 0 amide bonds. The third kappa shape index (κ3) is 11.2. The summed E-state index contributed by atoms with van der Waals surface area (Å²) in [4.78, 5) is 2.61. The van der Waals surface area contributed by atoms with E-state index >= 15 is 0 Å². The summed E-state index contributed by atoms with van der Waals surface area (Å²) < 4.78 is 21.1. The van der Waals surface area contributed by atoms with Gasteiger partial charge in [0.05, 0.1) is 0 Å². The van der Waals surface area contributed by atoms with Gasteiger partial charge in [0.25, 0.3) is 0 Å². The highest BCUT2D eigenvalue weighted by atomic mass is 16.3. The van der Waals surface area contributed by atoms with Crippen molar-refractivity contribution in [1.82, 2.24) is 0 Å². The van der Waals surface area contributed by atoms with E-state index in [9.17, 15) is 0 Å². The van der Waals surface area contributed by atoms with E-state index in [1.165, 1.54) is 266 Å². The molecule has 0 spiro atoms. The number of hydrogen-bond donors (Lipinski definition) is 0. The first-order chi connectivity index (χ1) is 50.9. The zero-order valence-electron chi connectivity index (χ0n) is 63.7. The van der Waals surface area contributed by atoms with Crippen LogP contribution in [0.15, 0.2) is 189 Å². The minimum Gasteiger partial charge on any atom is -0.456 e. The predicted octanol–water partition coefficient (Wildman–Crippen LogP) is 31.0. The van der Waals surface area contributed by atoms with Crippen molar-refractivity contribution in [1.29, 1.82) is 0 Å². The van der Waals surface area contributed by atoms with E-state index in [0.717, 1.165) is 68.5 Å². The van der Waals surface area contributed by atoms with E-state index in [4.69, 9.17) is 13.3 Å². The lowest BCUT2D eigenvalue weighted by atomic mass is 9.68. The highest BCUT2D eigenvalue weighted by Crippen LogP contribution is 2.66. The Labute approximate surface area is 619 Å². The van der Waals surface area contributed by atoms with E-state index < -0.39 is 0 Å². The van der Waals surface area contributed by atoms with Crippen molar-refractivity contribution in [3.63, 3.8) is 0 Å². The van der Waals surface area contributed by atoms with E-state index in [0.29, 0.717) is 0 Å². The van der Waals surface area contributed by atoms with Gasteiger partial charge < -0.3 is 18.2 Å². The summed E-state index contributed by atoms with van der Waals surface area (Å²) in [5, 5.41) is 7.29. The number of rotatable bonds is 31. The molecule has 0 N–H and O–H groups in total. The van der Waals surface area contributed by atoms with Crippen LogP contribution in [0, 0.1) is 0 Å². The van der Waals surface area contributed by atoms with Gasteiger partial charge in [0.2, 0.25) is 0 Å². The number of benzene rings is 10. The Morgan fingerprint density at radius 1 is 0.269 bits per heavy atom. The Morgan fingerprint density at radius 3 is 1.32 bits per heavy atom. The highest BCUT2D eigenvalue weighted by molar-refractivity contribution is 6.21. The SMILES string of the molecule is CCCCCCCCC1(CCCCCCCC)c2cc(N(c3ccc4c(c3)C(C)(C)c3c5c(c6c(oc7ccccc76)c3-4)-c3ccccc3C5(C)C)c3ccc4c(c3)oc3ccccc34)ccc2-c2cc3c(cc21)-c1c(ccc2oc4ccccc4c12)C3(CCCCCCCC)CCCCCCCC. The van der Waals surface area contributed by atoms with Crippen LogP contribution in [-0.4, -0.2) is 0 Å². The Kier molecular flexibility index (Phi) is 18.5. The average molecular weight is 1370 g/mol. The van der Waals surface area contributed by atoms with Crippen LogP contribution in [0.4, 0.5) is 17.1 Å². The molecule has 0 saturated carbocycles. The van der Waals surface area contributed by atoms with Gasteiger partial charge in [0.1, 0.15) is 33.5 Å². The summed E-state index contributed by atoms with van der Waals surface area (Å²) in [7, 11) is 0. The molecule has 4 aliphatic rings. The van der Waals surface area contributed by atoms with Gasteiger partial charge in [-0.15, -0.1) is 0 Å². The smallest absolute Gasteiger partial charge is 0.144 e. The molecular weight excluding hydrogens is 1260 g/mol. The third-order valence-electron chi connectivity index (χ3n) is 26.2. The van der Waals surface area contributed by atoms with Gasteiger partial charge in [-0.2, -0.15) is 0 Å². The molecule has 532 valence electrons. The standard InChI is InChI=1S/C100H109NO3/c1-9-13-17-21-25-37-57-99(58-38-26-22-18-14-10-2)79-55-56-87-90(74-43-31-35-47-85(74)102-87)89(79)77-65-82-76(64-83(77)99)69-52-49-67(62-81(69)100(82,59-39-27-23-19-15-11-3)60-40-28-24-20-16-12-4)101(68-50-53-71-70-41-30-34-46-84(70)103-88(71)63-68)66-51-54-73-80(61-66)98(7,8)95-93(73)96-92(75-44-32-36-48-86(75)104-96)91-72-42-29-33-45-78(72)97(5,6)94(91)95/h29-36,41-56,61-65H,9-28,37-40,57-60H2,1-8H3. The summed E-state index contributed by atoms with van der Waals surface area (Å²) in [5.74, 6) is 0. The zero-order chi connectivity index (χ0) is 70.9. The first-order valence-corrected chi connectivity index (χ1v) is 41.2. The topological polar surface area (TPSA) is 42.7 Å². The maximum absolute atomic E-state index is 7.26. The van der Waals surface area contributed by atoms with Crippen LogP contribution < -0.4 is 4.90 Å². The van der Waals surface area contributed by atoms with Crippen molar-refractivity contribution < 1.29 is 13.3 Å². The first-order valence-electron chi connectivity index (χ1n) is 41.2. The average Bonchev–Trinajstić information content (AvgIpc) is 1.52. The monoisotopic (exact) mass is 1370 g/mol. The van der Waals surface area contributed by atoms with Crippen LogP contribution in [0.5, 0.6) is 0 Å². The zero-order valence-corrected chi connectivity index (χ0v) is 63.7. The minimum atomic E-state index is -0.388. The van der Waals surface area contributed by atoms with Crippen LogP contribution in [0.25, 0.3) is 110 Å². The number of furan rings is 3. The molecule has 0 aliphatic heterocycles. The number of para-hydroxylation sites is 3. The second-order valence-electron chi connectivity index (χ2n) is 33.3. The lowest BCUT2D eigenvalue weighted by molar-refractivity contribution is 0.394. The summed E-state index contributed by atoms with van der Waals surface area (Å²) in [6.45, 7) is 19.3. The lowest BCUT2D eigenvalue weighted by Gasteiger charge is -2.35. The van der Waals surface area contributed by atoms with E-state index in [-0.39, 0.29) is 21.7 Å². The molecule has 0 unspecified atom stereocenters. The van der Waals surface area contributed by atoms with E-state index in [1.54, 1.807) is 16.7 Å². The fraction of sp³-hybridized carbons (Fsp3) is 0.400. The maximum Gasteiger partial charge on any atom is 0.144 e. The third-order valence-corrected chi connectivity index (χ3v) is 26.2. The Bertz CT molecular complexity index is 5350. The summed E-state index contributed by atoms with van der Waals surface area (Å²) in [6, 6.07) is 68.4. The van der Waals surface area contributed by atoms with Gasteiger partial charge in [-0.05, 0) is 182 Å². The lowest BCUT2D eigenvalue weighted by Crippen LogP contribution is -2.27. The van der Waals surface area contributed by atoms with Crippen molar-refractivity contribution in [2.45, 2.75) is 257 Å². The molecule has 4 aliphatic carbocycles.